The molecule has 1 aliphatic carbocycles. The molecule has 6 heteroatoms. The summed E-state index contributed by atoms with van der Waals surface area (Å²) >= 11 is 0. The van der Waals surface area contributed by atoms with Crippen LogP contribution in [-0.4, -0.2) is 51.2 Å². The van der Waals surface area contributed by atoms with Gasteiger partial charge in [-0.05, 0) is 18.9 Å². The molecule has 0 atom stereocenters. The Balaban J connectivity index is 2.29. The van der Waals surface area contributed by atoms with Crippen LogP contribution in [0.25, 0.3) is 0 Å². The molecule has 1 fully saturated rings. The molecule has 0 bridgehead atoms. The van der Waals surface area contributed by atoms with Crippen molar-refractivity contribution in [2.45, 2.75) is 18.9 Å². The summed E-state index contributed by atoms with van der Waals surface area (Å²) in [6, 6.07) is 1.53. The minimum absolute atomic E-state index is 0.105. The molecule has 1 aliphatic rings. The summed E-state index contributed by atoms with van der Waals surface area (Å²) in [4.78, 5) is 28.5. The molecular formula is C12H14N2O4. The SMILES string of the molecule is O=C(O)c1cnccc1C(=O)N(CCO)C1CC1. The van der Waals surface area contributed by atoms with Crippen LogP contribution in [0.3, 0.4) is 0 Å². The first-order valence-corrected chi connectivity index (χ1v) is 5.74. The van der Waals surface area contributed by atoms with E-state index in [1.807, 2.05) is 0 Å². The summed E-state index contributed by atoms with van der Waals surface area (Å²) in [7, 11) is 0. The summed E-state index contributed by atoms with van der Waals surface area (Å²) < 4.78 is 0. The Bertz CT molecular complexity index is 471. The van der Waals surface area contributed by atoms with Gasteiger partial charge in [-0.25, -0.2) is 4.79 Å². The topological polar surface area (TPSA) is 90.7 Å². The first-order chi connectivity index (χ1) is 8.65. The Morgan fingerprint density at radius 3 is 2.67 bits per heavy atom. The third-order valence-corrected chi connectivity index (χ3v) is 2.87. The van der Waals surface area contributed by atoms with E-state index in [1.54, 1.807) is 0 Å². The van der Waals surface area contributed by atoms with E-state index in [0.717, 1.165) is 12.8 Å². The van der Waals surface area contributed by atoms with Gasteiger partial charge < -0.3 is 15.1 Å². The third-order valence-electron chi connectivity index (χ3n) is 2.87. The Hall–Kier alpha value is -1.95. The smallest absolute Gasteiger partial charge is 0.338 e. The van der Waals surface area contributed by atoms with Crippen LogP contribution < -0.4 is 0 Å². The number of hydrogen-bond donors (Lipinski definition) is 2. The number of hydrogen-bond acceptors (Lipinski definition) is 4. The average molecular weight is 250 g/mol. The highest BCUT2D eigenvalue weighted by Crippen LogP contribution is 2.28. The summed E-state index contributed by atoms with van der Waals surface area (Å²) in [5.41, 5.74) is 0.0175. The molecule has 1 aromatic rings. The highest BCUT2D eigenvalue weighted by atomic mass is 16.4. The Morgan fingerprint density at radius 2 is 2.11 bits per heavy atom. The van der Waals surface area contributed by atoms with E-state index in [9.17, 15) is 9.59 Å². The van der Waals surface area contributed by atoms with Crippen molar-refractivity contribution in [2.75, 3.05) is 13.2 Å². The lowest BCUT2D eigenvalue weighted by Gasteiger charge is -2.21. The fourth-order valence-corrected chi connectivity index (χ4v) is 1.85. The summed E-state index contributed by atoms with van der Waals surface area (Å²) in [6.07, 6.45) is 4.36. The molecule has 0 unspecified atom stereocenters. The number of carbonyl (C=O) groups is 2. The van der Waals surface area contributed by atoms with Gasteiger partial charge in [0.25, 0.3) is 5.91 Å². The number of aromatic carboxylic acids is 1. The van der Waals surface area contributed by atoms with E-state index in [2.05, 4.69) is 4.98 Å². The van der Waals surface area contributed by atoms with Gasteiger partial charge in [0.2, 0.25) is 0 Å². The third kappa shape index (κ3) is 2.48. The average Bonchev–Trinajstić information content (AvgIpc) is 3.19. The maximum absolute atomic E-state index is 12.3. The number of aromatic nitrogens is 1. The number of amides is 1. The number of rotatable bonds is 5. The summed E-state index contributed by atoms with van der Waals surface area (Å²) in [6.45, 7) is 0.0978. The molecule has 2 N–H and O–H groups in total. The van der Waals surface area contributed by atoms with Gasteiger partial charge in [0.05, 0.1) is 17.7 Å². The molecule has 2 rings (SSSR count). The van der Waals surface area contributed by atoms with Crippen LogP contribution in [0.1, 0.15) is 33.6 Å². The maximum Gasteiger partial charge on any atom is 0.338 e. The number of pyridine rings is 1. The van der Waals surface area contributed by atoms with Gasteiger partial charge in [-0.1, -0.05) is 0 Å². The molecule has 1 heterocycles. The Morgan fingerprint density at radius 1 is 1.39 bits per heavy atom. The number of aliphatic hydroxyl groups excluding tert-OH is 1. The summed E-state index contributed by atoms with van der Waals surface area (Å²) in [5, 5.41) is 18.0. The van der Waals surface area contributed by atoms with Gasteiger partial charge in [0.15, 0.2) is 0 Å². The van der Waals surface area contributed by atoms with Gasteiger partial charge in [0, 0.05) is 25.0 Å². The second-order valence-electron chi connectivity index (χ2n) is 4.18. The Labute approximate surface area is 104 Å². The second-order valence-corrected chi connectivity index (χ2v) is 4.18. The number of carboxylic acids is 1. The van der Waals surface area contributed by atoms with E-state index in [4.69, 9.17) is 10.2 Å². The normalized spacial score (nSPS) is 14.3. The van der Waals surface area contributed by atoms with E-state index in [-0.39, 0.29) is 36.2 Å². The molecule has 1 amide bonds. The molecule has 18 heavy (non-hydrogen) atoms. The standard InChI is InChI=1S/C12H14N2O4/c15-6-5-14(8-1-2-8)11(16)9-3-4-13-7-10(9)12(17)18/h3-4,7-8,15H,1-2,5-6H2,(H,17,18). The lowest BCUT2D eigenvalue weighted by molar-refractivity contribution is 0.0660. The molecule has 0 radical (unpaired) electrons. The number of carboxylic acid groups (broad SMARTS) is 1. The minimum atomic E-state index is -1.17. The van der Waals surface area contributed by atoms with Crippen LogP contribution in [0.2, 0.25) is 0 Å². The van der Waals surface area contributed by atoms with Crippen molar-refractivity contribution in [3.05, 3.63) is 29.6 Å². The molecule has 96 valence electrons. The first kappa shape index (κ1) is 12.5. The lowest BCUT2D eigenvalue weighted by atomic mass is 10.1. The van der Waals surface area contributed by atoms with Crippen molar-refractivity contribution in [3.63, 3.8) is 0 Å². The zero-order chi connectivity index (χ0) is 13.1. The highest BCUT2D eigenvalue weighted by molar-refractivity contribution is 6.04. The largest absolute Gasteiger partial charge is 0.478 e. The number of carbonyl (C=O) groups excluding carboxylic acids is 1. The van der Waals surface area contributed by atoms with Crippen molar-refractivity contribution >= 4 is 11.9 Å². The van der Waals surface area contributed by atoms with Gasteiger partial charge in [-0.3, -0.25) is 9.78 Å². The predicted molar refractivity (Wildman–Crippen MR) is 62.3 cm³/mol. The number of aliphatic hydroxyl groups is 1. The van der Waals surface area contributed by atoms with E-state index < -0.39 is 5.97 Å². The van der Waals surface area contributed by atoms with Crippen LogP contribution >= 0.6 is 0 Å². The van der Waals surface area contributed by atoms with Crippen molar-refractivity contribution < 1.29 is 19.8 Å². The fraction of sp³-hybridized carbons (Fsp3) is 0.417. The lowest BCUT2D eigenvalue weighted by Crippen LogP contribution is -2.36. The Kier molecular flexibility index (Phi) is 3.57. The number of nitrogens with zero attached hydrogens (tertiary/aromatic N) is 2. The molecular weight excluding hydrogens is 236 g/mol. The van der Waals surface area contributed by atoms with Gasteiger partial charge >= 0.3 is 5.97 Å². The molecule has 1 aromatic heterocycles. The quantitative estimate of drug-likeness (QED) is 0.788. The van der Waals surface area contributed by atoms with E-state index >= 15 is 0 Å². The van der Waals surface area contributed by atoms with Crippen molar-refractivity contribution in [2.24, 2.45) is 0 Å². The van der Waals surface area contributed by atoms with Crippen LogP contribution in [0.5, 0.6) is 0 Å². The minimum Gasteiger partial charge on any atom is -0.478 e. The van der Waals surface area contributed by atoms with Gasteiger partial charge in [-0.2, -0.15) is 0 Å². The molecule has 0 saturated heterocycles. The van der Waals surface area contributed by atoms with Crippen molar-refractivity contribution in [3.8, 4) is 0 Å². The molecule has 1 saturated carbocycles. The zero-order valence-electron chi connectivity index (χ0n) is 9.74. The zero-order valence-corrected chi connectivity index (χ0v) is 9.74. The monoisotopic (exact) mass is 250 g/mol. The van der Waals surface area contributed by atoms with Crippen LogP contribution in [0.4, 0.5) is 0 Å². The molecule has 6 nitrogen and oxygen atoms in total. The van der Waals surface area contributed by atoms with Crippen LogP contribution in [0.15, 0.2) is 18.5 Å². The predicted octanol–water partition coefficient (Wildman–Crippen LogP) is 0.377. The van der Waals surface area contributed by atoms with Gasteiger partial charge in [0.1, 0.15) is 0 Å². The van der Waals surface area contributed by atoms with Crippen LogP contribution in [-0.2, 0) is 0 Å². The van der Waals surface area contributed by atoms with E-state index in [1.165, 1.54) is 23.4 Å². The molecule has 0 aliphatic heterocycles. The molecule has 0 aromatic carbocycles. The van der Waals surface area contributed by atoms with Crippen molar-refractivity contribution in [1.82, 2.24) is 9.88 Å². The van der Waals surface area contributed by atoms with Crippen molar-refractivity contribution in [1.29, 1.82) is 0 Å². The maximum atomic E-state index is 12.3. The fourth-order valence-electron chi connectivity index (χ4n) is 1.85. The second kappa shape index (κ2) is 5.14. The molecule has 0 spiro atoms. The van der Waals surface area contributed by atoms with Gasteiger partial charge in [-0.15, -0.1) is 0 Å². The summed E-state index contributed by atoms with van der Waals surface area (Å²) in [5.74, 6) is -1.53. The first-order valence-electron chi connectivity index (χ1n) is 5.74. The highest BCUT2D eigenvalue weighted by Gasteiger charge is 2.33. The van der Waals surface area contributed by atoms with E-state index in [0.29, 0.717) is 0 Å². The van der Waals surface area contributed by atoms with Crippen LogP contribution in [0, 0.1) is 0 Å².